The lowest BCUT2D eigenvalue weighted by molar-refractivity contribution is -0.144. The molecule has 1 saturated carbocycles. The van der Waals surface area contributed by atoms with E-state index in [1.807, 2.05) is 25.1 Å². The highest BCUT2D eigenvalue weighted by Crippen LogP contribution is 2.34. The summed E-state index contributed by atoms with van der Waals surface area (Å²) in [7, 11) is 0. The normalized spacial score (nSPS) is 23.6. The lowest BCUT2D eigenvalue weighted by atomic mass is 9.81. The number of ether oxygens (including phenoxy) is 2. The summed E-state index contributed by atoms with van der Waals surface area (Å²) in [4.78, 5) is 23.6. The summed E-state index contributed by atoms with van der Waals surface area (Å²) in [5, 5.41) is 12.2. The lowest BCUT2D eigenvalue weighted by Crippen LogP contribution is -2.36. The Kier molecular flexibility index (Phi) is 5.46. The number of rotatable bonds is 5. The molecule has 0 bridgehead atoms. The molecule has 0 radical (unpaired) electrons. The highest BCUT2D eigenvalue weighted by molar-refractivity contribution is 5.79. The molecule has 136 valence electrons. The van der Waals surface area contributed by atoms with E-state index in [-0.39, 0.29) is 23.8 Å². The topological polar surface area (TPSA) is 84.9 Å². The number of carboxylic acids is 1. The second kappa shape index (κ2) is 7.76. The third-order valence-electron chi connectivity index (χ3n) is 5.14. The first-order valence-corrected chi connectivity index (χ1v) is 9.01. The van der Waals surface area contributed by atoms with Gasteiger partial charge in [-0.1, -0.05) is 13.0 Å². The number of hydrogen-bond acceptors (Lipinski definition) is 4. The van der Waals surface area contributed by atoms with Crippen molar-refractivity contribution in [3.05, 3.63) is 23.8 Å². The smallest absolute Gasteiger partial charge is 0.306 e. The van der Waals surface area contributed by atoms with Crippen molar-refractivity contribution in [2.24, 2.45) is 11.8 Å². The molecule has 1 fully saturated rings. The average Bonchev–Trinajstić information content (AvgIpc) is 2.65. The van der Waals surface area contributed by atoms with Crippen molar-refractivity contribution < 1.29 is 24.2 Å². The highest BCUT2D eigenvalue weighted by atomic mass is 16.6. The predicted molar refractivity (Wildman–Crippen MR) is 91.7 cm³/mol. The number of nitrogens with one attached hydrogen (secondary N) is 1. The second-order valence-corrected chi connectivity index (χ2v) is 6.76. The summed E-state index contributed by atoms with van der Waals surface area (Å²) in [6.45, 7) is 3.12. The molecule has 1 amide bonds. The van der Waals surface area contributed by atoms with Gasteiger partial charge in [-0.15, -0.1) is 0 Å². The van der Waals surface area contributed by atoms with Gasteiger partial charge in [0.25, 0.3) is 0 Å². The molecule has 0 spiro atoms. The number of aliphatic carboxylic acids is 1. The summed E-state index contributed by atoms with van der Waals surface area (Å²) in [5.74, 6) is 0.333. The maximum atomic E-state index is 12.6. The summed E-state index contributed by atoms with van der Waals surface area (Å²) >= 11 is 0. The zero-order valence-corrected chi connectivity index (χ0v) is 14.5. The minimum absolute atomic E-state index is 0.0191. The van der Waals surface area contributed by atoms with Crippen LogP contribution in [0, 0.1) is 11.8 Å². The molecule has 2 N–H and O–H groups in total. The van der Waals surface area contributed by atoms with Crippen molar-refractivity contribution in [1.82, 2.24) is 5.32 Å². The van der Waals surface area contributed by atoms with Crippen molar-refractivity contribution in [1.29, 1.82) is 0 Å². The predicted octanol–water partition coefficient (Wildman–Crippen LogP) is 2.92. The Morgan fingerprint density at radius 2 is 1.76 bits per heavy atom. The van der Waals surface area contributed by atoms with Gasteiger partial charge in [0.15, 0.2) is 11.5 Å². The molecule has 1 aromatic carbocycles. The minimum atomic E-state index is -0.749. The van der Waals surface area contributed by atoms with Crippen LogP contribution in [-0.4, -0.2) is 30.2 Å². The Bertz CT molecular complexity index is 637. The van der Waals surface area contributed by atoms with Gasteiger partial charge in [-0.25, -0.2) is 0 Å². The largest absolute Gasteiger partial charge is 0.486 e. The molecule has 1 heterocycles. The van der Waals surface area contributed by atoms with Crippen LogP contribution in [0.3, 0.4) is 0 Å². The number of amides is 1. The number of carboxylic acid groups (broad SMARTS) is 1. The van der Waals surface area contributed by atoms with E-state index in [4.69, 9.17) is 14.6 Å². The van der Waals surface area contributed by atoms with Crippen LogP contribution in [-0.2, 0) is 9.59 Å². The van der Waals surface area contributed by atoms with Gasteiger partial charge >= 0.3 is 5.97 Å². The molecule has 3 rings (SSSR count). The van der Waals surface area contributed by atoms with Crippen molar-refractivity contribution in [3.8, 4) is 11.5 Å². The van der Waals surface area contributed by atoms with Crippen molar-refractivity contribution in [3.63, 3.8) is 0 Å². The molecule has 0 aromatic heterocycles. The molecule has 2 aliphatic rings. The molecular weight excluding hydrogens is 322 g/mol. The number of carbonyl (C=O) groups excluding carboxylic acids is 1. The number of hydrogen-bond donors (Lipinski definition) is 2. The molecular formula is C19H25NO5. The quantitative estimate of drug-likeness (QED) is 0.855. The molecule has 1 aliphatic heterocycles. The standard InChI is InChI=1S/C19H25NO5/c1-2-15(14-7-8-16-17(11-14)25-10-9-24-16)20-18(21)12-3-5-13(6-4-12)19(22)23/h7-8,11-13,15H,2-6,9-10H2,1H3,(H,20,21)(H,22,23). The Labute approximate surface area is 147 Å². The van der Waals surface area contributed by atoms with E-state index in [0.29, 0.717) is 38.9 Å². The SMILES string of the molecule is CCC(NC(=O)C1CCC(C(=O)O)CC1)c1ccc2c(c1)OCCO2. The maximum absolute atomic E-state index is 12.6. The highest BCUT2D eigenvalue weighted by Gasteiger charge is 2.30. The zero-order valence-electron chi connectivity index (χ0n) is 14.5. The molecule has 6 heteroatoms. The Balaban J connectivity index is 1.62. The fraction of sp³-hybridized carbons (Fsp3) is 0.579. The Morgan fingerprint density at radius 3 is 2.40 bits per heavy atom. The van der Waals surface area contributed by atoms with Gasteiger partial charge in [-0.05, 0) is 49.8 Å². The van der Waals surface area contributed by atoms with Gasteiger partial charge in [-0.3, -0.25) is 9.59 Å². The van der Waals surface area contributed by atoms with Crippen LogP contribution >= 0.6 is 0 Å². The molecule has 1 aliphatic carbocycles. The van der Waals surface area contributed by atoms with Crippen LogP contribution in [0.4, 0.5) is 0 Å². The van der Waals surface area contributed by atoms with Gasteiger partial charge in [-0.2, -0.15) is 0 Å². The summed E-state index contributed by atoms with van der Waals surface area (Å²) in [5.41, 5.74) is 0.999. The van der Waals surface area contributed by atoms with E-state index in [1.165, 1.54) is 0 Å². The van der Waals surface area contributed by atoms with Crippen molar-refractivity contribution in [2.75, 3.05) is 13.2 Å². The van der Waals surface area contributed by atoms with E-state index in [2.05, 4.69) is 5.32 Å². The van der Waals surface area contributed by atoms with Crippen LogP contribution in [0.5, 0.6) is 11.5 Å². The lowest BCUT2D eigenvalue weighted by Gasteiger charge is -2.28. The molecule has 0 saturated heterocycles. The number of benzene rings is 1. The fourth-order valence-corrected chi connectivity index (χ4v) is 3.59. The summed E-state index contributed by atoms with van der Waals surface area (Å²) in [6.07, 6.45) is 3.21. The van der Waals surface area contributed by atoms with E-state index in [1.54, 1.807) is 0 Å². The maximum Gasteiger partial charge on any atom is 0.306 e. The monoisotopic (exact) mass is 347 g/mol. The van der Waals surface area contributed by atoms with Gasteiger partial charge < -0.3 is 19.9 Å². The third-order valence-corrected chi connectivity index (χ3v) is 5.14. The summed E-state index contributed by atoms with van der Waals surface area (Å²) in [6, 6.07) is 5.70. The number of carbonyl (C=O) groups is 2. The van der Waals surface area contributed by atoms with E-state index in [9.17, 15) is 9.59 Å². The van der Waals surface area contributed by atoms with Crippen LogP contribution in [0.15, 0.2) is 18.2 Å². The number of fused-ring (bicyclic) bond motifs is 1. The first kappa shape index (κ1) is 17.6. The summed E-state index contributed by atoms with van der Waals surface area (Å²) < 4.78 is 11.2. The average molecular weight is 347 g/mol. The van der Waals surface area contributed by atoms with Crippen LogP contribution in [0.2, 0.25) is 0 Å². The van der Waals surface area contributed by atoms with E-state index < -0.39 is 5.97 Å². The molecule has 1 unspecified atom stereocenters. The van der Waals surface area contributed by atoms with E-state index >= 15 is 0 Å². The first-order chi connectivity index (χ1) is 12.1. The van der Waals surface area contributed by atoms with Crippen LogP contribution < -0.4 is 14.8 Å². The van der Waals surface area contributed by atoms with E-state index in [0.717, 1.165) is 23.5 Å². The zero-order chi connectivity index (χ0) is 17.8. The second-order valence-electron chi connectivity index (χ2n) is 6.76. The third kappa shape index (κ3) is 4.06. The van der Waals surface area contributed by atoms with Gasteiger partial charge in [0, 0.05) is 5.92 Å². The molecule has 25 heavy (non-hydrogen) atoms. The van der Waals surface area contributed by atoms with Crippen LogP contribution in [0.25, 0.3) is 0 Å². The van der Waals surface area contributed by atoms with Crippen molar-refractivity contribution in [2.45, 2.75) is 45.1 Å². The molecule has 1 atom stereocenters. The first-order valence-electron chi connectivity index (χ1n) is 9.01. The van der Waals surface area contributed by atoms with Gasteiger partial charge in [0.1, 0.15) is 13.2 Å². The Hall–Kier alpha value is -2.24. The molecule has 6 nitrogen and oxygen atoms in total. The fourth-order valence-electron chi connectivity index (χ4n) is 3.59. The Morgan fingerprint density at radius 1 is 1.12 bits per heavy atom. The van der Waals surface area contributed by atoms with Crippen LogP contribution in [0.1, 0.15) is 50.6 Å². The van der Waals surface area contributed by atoms with Gasteiger partial charge in [0.2, 0.25) is 5.91 Å². The van der Waals surface area contributed by atoms with Gasteiger partial charge in [0.05, 0.1) is 12.0 Å². The van der Waals surface area contributed by atoms with Crippen molar-refractivity contribution >= 4 is 11.9 Å². The minimum Gasteiger partial charge on any atom is -0.486 e. The molecule has 1 aromatic rings.